The third kappa shape index (κ3) is 1.69. The highest BCUT2D eigenvalue weighted by molar-refractivity contribution is 8.04. The first kappa shape index (κ1) is 9.68. The topological polar surface area (TPSA) is 49.3 Å². The summed E-state index contributed by atoms with van der Waals surface area (Å²) in [6, 6.07) is -0.334. The van der Waals surface area contributed by atoms with Crippen LogP contribution in [0.2, 0.25) is 0 Å². The molecule has 13 heavy (non-hydrogen) atoms. The number of nitrogens with one attached hydrogen (secondary N) is 1. The highest BCUT2D eigenvalue weighted by atomic mass is 32.2. The van der Waals surface area contributed by atoms with Crippen molar-refractivity contribution in [3.05, 3.63) is 0 Å². The van der Waals surface area contributed by atoms with Gasteiger partial charge in [0.15, 0.2) is 0 Å². The molecular weight excluding hydrogens is 206 g/mol. The Morgan fingerprint density at radius 3 is 2.77 bits per heavy atom. The summed E-state index contributed by atoms with van der Waals surface area (Å²) in [5.41, 5.74) is 0. The molecule has 2 fully saturated rings. The maximum atomic E-state index is 10.7. The van der Waals surface area contributed by atoms with Gasteiger partial charge >= 0.3 is 5.97 Å². The third-order valence-corrected chi connectivity index (χ3v) is 5.76. The molecule has 1 heterocycles. The Bertz CT molecular complexity index is 230. The van der Waals surface area contributed by atoms with Crippen LogP contribution in [0.5, 0.6) is 0 Å². The monoisotopic (exact) mass is 219 g/mol. The number of hydrogen-bond acceptors (Lipinski definition) is 4. The van der Waals surface area contributed by atoms with Crippen LogP contribution >= 0.6 is 23.5 Å². The Morgan fingerprint density at radius 2 is 2.38 bits per heavy atom. The molecule has 1 aliphatic heterocycles. The molecule has 5 heteroatoms. The van der Waals surface area contributed by atoms with E-state index in [-0.39, 0.29) is 6.04 Å². The van der Waals surface area contributed by atoms with Gasteiger partial charge in [-0.1, -0.05) is 0 Å². The van der Waals surface area contributed by atoms with Gasteiger partial charge < -0.3 is 5.11 Å². The van der Waals surface area contributed by atoms with Crippen LogP contribution in [-0.2, 0) is 4.79 Å². The highest BCUT2D eigenvalue weighted by Gasteiger charge is 2.52. The van der Waals surface area contributed by atoms with Crippen molar-refractivity contribution in [1.82, 2.24) is 5.32 Å². The smallest absolute Gasteiger partial charge is 0.321 e. The van der Waals surface area contributed by atoms with Crippen molar-refractivity contribution in [2.75, 3.05) is 12.0 Å². The largest absolute Gasteiger partial charge is 0.480 e. The van der Waals surface area contributed by atoms with Crippen LogP contribution in [0.15, 0.2) is 0 Å². The van der Waals surface area contributed by atoms with Crippen LogP contribution in [0.1, 0.15) is 12.8 Å². The number of thioether (sulfide) groups is 2. The molecule has 1 saturated heterocycles. The molecule has 0 bridgehead atoms. The molecule has 0 amide bonds. The predicted octanol–water partition coefficient (Wildman–Crippen LogP) is 0.998. The molecule has 2 N–H and O–H groups in total. The molecule has 1 unspecified atom stereocenters. The Kier molecular flexibility index (Phi) is 2.51. The van der Waals surface area contributed by atoms with Crippen LogP contribution in [0.4, 0.5) is 0 Å². The fraction of sp³-hybridized carbons (Fsp3) is 0.875. The minimum Gasteiger partial charge on any atom is -0.480 e. The molecule has 0 radical (unpaired) electrons. The van der Waals surface area contributed by atoms with E-state index in [0.717, 1.165) is 0 Å². The van der Waals surface area contributed by atoms with Crippen molar-refractivity contribution in [3.63, 3.8) is 0 Å². The van der Waals surface area contributed by atoms with Gasteiger partial charge in [-0.3, -0.25) is 10.1 Å². The van der Waals surface area contributed by atoms with E-state index in [9.17, 15) is 4.79 Å². The molecule has 2 rings (SSSR count). The van der Waals surface area contributed by atoms with E-state index in [4.69, 9.17) is 5.11 Å². The van der Waals surface area contributed by atoms with Gasteiger partial charge in [-0.2, -0.15) is 11.8 Å². The molecular formula is C8H13NO2S2. The lowest BCUT2D eigenvalue weighted by Gasteiger charge is -2.20. The molecule has 74 valence electrons. The zero-order valence-corrected chi connectivity index (χ0v) is 9.08. The van der Waals surface area contributed by atoms with E-state index in [0.29, 0.717) is 15.9 Å². The Hall–Kier alpha value is 0.130. The van der Waals surface area contributed by atoms with Crippen molar-refractivity contribution in [1.29, 1.82) is 0 Å². The van der Waals surface area contributed by atoms with Crippen molar-refractivity contribution >= 4 is 29.5 Å². The van der Waals surface area contributed by atoms with Gasteiger partial charge in [-0.15, -0.1) is 11.8 Å². The fourth-order valence-corrected chi connectivity index (χ4v) is 4.32. The average molecular weight is 219 g/mol. The molecule has 3 nitrogen and oxygen atoms in total. The van der Waals surface area contributed by atoms with Gasteiger partial charge in [-0.25, -0.2) is 0 Å². The third-order valence-electron chi connectivity index (χ3n) is 2.71. The molecule has 0 aromatic carbocycles. The number of hydrogen-bond donors (Lipinski definition) is 2. The number of rotatable bonds is 3. The summed E-state index contributed by atoms with van der Waals surface area (Å²) in [5.74, 6) is -0.00521. The first-order valence-corrected chi connectivity index (χ1v) is 6.61. The van der Waals surface area contributed by atoms with Gasteiger partial charge in [0.25, 0.3) is 0 Å². The van der Waals surface area contributed by atoms with E-state index < -0.39 is 5.97 Å². The summed E-state index contributed by atoms with van der Waals surface area (Å²) in [6.07, 6.45) is 4.57. The lowest BCUT2D eigenvalue weighted by atomic mass is 10.3. The second kappa shape index (κ2) is 3.37. The Morgan fingerprint density at radius 1 is 1.69 bits per heavy atom. The Labute approximate surface area is 86.0 Å². The number of carboxylic acid groups (broad SMARTS) is 1. The maximum absolute atomic E-state index is 10.7. The minimum absolute atomic E-state index is 0.334. The molecule has 0 aromatic heterocycles. The van der Waals surface area contributed by atoms with Crippen molar-refractivity contribution in [2.45, 2.75) is 29.0 Å². The first-order chi connectivity index (χ1) is 6.18. The van der Waals surface area contributed by atoms with Crippen molar-refractivity contribution < 1.29 is 9.90 Å². The number of carbonyl (C=O) groups is 1. The van der Waals surface area contributed by atoms with Crippen LogP contribution in [0.3, 0.4) is 0 Å². The molecule has 2 aliphatic rings. The van der Waals surface area contributed by atoms with Crippen molar-refractivity contribution in [3.8, 4) is 0 Å². The average Bonchev–Trinajstić information content (AvgIpc) is 2.75. The normalized spacial score (nSPS) is 36.1. The Balaban J connectivity index is 1.95. The van der Waals surface area contributed by atoms with E-state index in [1.54, 1.807) is 11.8 Å². The molecule has 2 atom stereocenters. The van der Waals surface area contributed by atoms with Crippen LogP contribution < -0.4 is 5.32 Å². The summed E-state index contributed by atoms with van der Waals surface area (Å²) < 4.78 is 0.342. The number of carboxylic acids is 1. The standard InChI is InChI=1S/C8H13NO2S2/c1-12-8(2-3-8)7-9-5(4-13-7)6(10)11/h5,7,9H,2-4H2,1H3,(H,10,11)/t5-,7?/m0/s1. The zero-order valence-electron chi connectivity index (χ0n) is 7.45. The SMILES string of the molecule is CSC1(C2N[C@H](C(=O)O)CS2)CC1. The lowest BCUT2D eigenvalue weighted by molar-refractivity contribution is -0.138. The quantitative estimate of drug-likeness (QED) is 0.741. The second-order valence-corrected chi connectivity index (χ2v) is 5.90. The van der Waals surface area contributed by atoms with E-state index in [1.165, 1.54) is 12.8 Å². The summed E-state index contributed by atoms with van der Waals surface area (Å²) >= 11 is 3.63. The molecule has 0 spiro atoms. The van der Waals surface area contributed by atoms with Gasteiger partial charge in [0.2, 0.25) is 0 Å². The van der Waals surface area contributed by atoms with E-state index in [2.05, 4.69) is 11.6 Å². The molecule has 1 aliphatic carbocycles. The molecule has 1 saturated carbocycles. The minimum atomic E-state index is -0.716. The van der Waals surface area contributed by atoms with Crippen LogP contribution in [-0.4, -0.2) is 39.2 Å². The summed E-state index contributed by atoms with van der Waals surface area (Å²) in [4.78, 5) is 10.7. The van der Waals surface area contributed by atoms with Gasteiger partial charge in [0.05, 0.1) is 5.37 Å². The van der Waals surface area contributed by atoms with Crippen LogP contribution in [0.25, 0.3) is 0 Å². The van der Waals surface area contributed by atoms with E-state index >= 15 is 0 Å². The van der Waals surface area contributed by atoms with Gasteiger partial charge in [0.1, 0.15) is 6.04 Å². The summed E-state index contributed by atoms with van der Waals surface area (Å²) in [6.45, 7) is 0. The highest BCUT2D eigenvalue weighted by Crippen LogP contribution is 2.54. The fourth-order valence-electron chi connectivity index (χ4n) is 1.61. The zero-order chi connectivity index (χ0) is 9.47. The summed E-state index contributed by atoms with van der Waals surface area (Å²) in [7, 11) is 0. The predicted molar refractivity (Wildman–Crippen MR) is 56.3 cm³/mol. The second-order valence-electron chi connectivity index (χ2n) is 3.54. The van der Waals surface area contributed by atoms with Crippen LogP contribution in [0, 0.1) is 0 Å². The summed E-state index contributed by atoms with van der Waals surface area (Å²) in [5, 5.41) is 12.3. The van der Waals surface area contributed by atoms with E-state index in [1.807, 2.05) is 11.8 Å². The maximum Gasteiger partial charge on any atom is 0.321 e. The first-order valence-electron chi connectivity index (χ1n) is 4.33. The van der Waals surface area contributed by atoms with Gasteiger partial charge in [-0.05, 0) is 19.1 Å². The van der Waals surface area contributed by atoms with Crippen molar-refractivity contribution in [2.24, 2.45) is 0 Å². The lowest BCUT2D eigenvalue weighted by Crippen LogP contribution is -2.41. The van der Waals surface area contributed by atoms with Gasteiger partial charge in [0, 0.05) is 10.5 Å². The number of aliphatic carboxylic acids is 1. The molecule has 0 aromatic rings.